The molecule has 1 fully saturated rings. The highest BCUT2D eigenvalue weighted by Crippen LogP contribution is 2.69. The molecule has 3 amide bonds. The van der Waals surface area contributed by atoms with E-state index in [4.69, 9.17) is 23.2 Å². The second kappa shape index (κ2) is 7.91. The van der Waals surface area contributed by atoms with Crippen LogP contribution in [0.15, 0.2) is 65.1 Å². The lowest BCUT2D eigenvalue weighted by Gasteiger charge is -2.54. The number of amides is 3. The van der Waals surface area contributed by atoms with Gasteiger partial charge in [-0.25, -0.2) is 0 Å². The number of alkyl halides is 2. The zero-order valence-corrected chi connectivity index (χ0v) is 22.5. The molecule has 3 aromatic rings. The highest BCUT2D eigenvalue weighted by atomic mass is 79.9. The molecule has 0 spiro atoms. The molecule has 36 heavy (non-hydrogen) atoms. The largest absolute Gasteiger partial charge is 0.325 e. The van der Waals surface area contributed by atoms with Crippen LogP contribution >= 0.6 is 39.1 Å². The van der Waals surface area contributed by atoms with Gasteiger partial charge in [0.25, 0.3) is 0 Å². The third-order valence-electron chi connectivity index (χ3n) is 7.70. The Bertz CT molecular complexity index is 1360. The van der Waals surface area contributed by atoms with E-state index in [2.05, 4.69) is 21.2 Å². The monoisotopic (exact) mass is 582 g/mol. The molecule has 0 radical (unpaired) electrons. The summed E-state index contributed by atoms with van der Waals surface area (Å²) < 4.78 is 0.962. The molecule has 1 N–H and O–H groups in total. The van der Waals surface area contributed by atoms with Crippen LogP contribution in [0.2, 0.25) is 0 Å². The van der Waals surface area contributed by atoms with Crippen LogP contribution in [-0.4, -0.2) is 29.2 Å². The minimum Gasteiger partial charge on any atom is -0.325 e. The molecule has 2 bridgehead atoms. The number of hydrogen-bond acceptors (Lipinski definition) is 3. The molecule has 7 rings (SSSR count). The number of anilines is 1. The van der Waals surface area contributed by atoms with E-state index in [1.165, 1.54) is 0 Å². The van der Waals surface area contributed by atoms with Gasteiger partial charge in [0, 0.05) is 10.2 Å². The summed E-state index contributed by atoms with van der Waals surface area (Å²) >= 11 is 18.3. The Kier molecular flexibility index (Phi) is 5.21. The SMILES string of the molecule is Cc1cc(NC(=O)CN2C(=O)[C@H]3[C@H](C2=O)C2(Cl)c4ccccc4C3(Cl)c3ccccc32)cc(C)c1Br. The zero-order chi connectivity index (χ0) is 25.6. The summed E-state index contributed by atoms with van der Waals surface area (Å²) in [6.45, 7) is 3.44. The lowest BCUT2D eigenvalue weighted by atomic mass is 9.54. The number of halogens is 3. The molecule has 0 saturated carbocycles. The minimum absolute atomic E-state index is 0.411. The maximum Gasteiger partial charge on any atom is 0.244 e. The lowest BCUT2D eigenvalue weighted by Crippen LogP contribution is -2.57. The van der Waals surface area contributed by atoms with E-state index >= 15 is 0 Å². The van der Waals surface area contributed by atoms with Crippen LogP contribution in [0.5, 0.6) is 0 Å². The molecular weight excluding hydrogens is 563 g/mol. The van der Waals surface area contributed by atoms with E-state index in [1.807, 2.05) is 74.5 Å². The highest BCUT2D eigenvalue weighted by Gasteiger charge is 2.73. The Morgan fingerprint density at radius 2 is 1.25 bits per heavy atom. The summed E-state index contributed by atoms with van der Waals surface area (Å²) in [5.41, 5.74) is 5.45. The molecule has 3 aromatic carbocycles. The van der Waals surface area contributed by atoms with Gasteiger partial charge in [0.15, 0.2) is 0 Å². The maximum atomic E-state index is 13.8. The van der Waals surface area contributed by atoms with Crippen LogP contribution in [0.4, 0.5) is 5.69 Å². The number of carbonyl (C=O) groups is 3. The number of likely N-dealkylation sites (tertiary alicyclic amines) is 1. The molecule has 182 valence electrons. The summed E-state index contributed by atoms with van der Waals surface area (Å²) in [6.07, 6.45) is 0. The number of nitrogens with one attached hydrogen (secondary N) is 1. The number of hydrogen-bond donors (Lipinski definition) is 1. The lowest BCUT2D eigenvalue weighted by molar-refractivity contribution is -0.142. The Hall–Kier alpha value is -2.67. The Labute approximate surface area is 226 Å². The first-order chi connectivity index (χ1) is 17.1. The summed E-state index contributed by atoms with van der Waals surface area (Å²) in [5.74, 6) is -3.26. The number of nitrogens with zero attached hydrogens (tertiary/aromatic N) is 1. The van der Waals surface area contributed by atoms with Crippen LogP contribution in [0.3, 0.4) is 0 Å². The van der Waals surface area contributed by atoms with Gasteiger partial charge in [-0.15, -0.1) is 23.2 Å². The fourth-order valence-electron chi connectivity index (χ4n) is 6.24. The second-order valence-electron chi connectivity index (χ2n) is 9.70. The molecular formula is C28H21BrCl2N2O3. The van der Waals surface area contributed by atoms with Gasteiger partial charge < -0.3 is 5.32 Å². The van der Waals surface area contributed by atoms with Crippen molar-refractivity contribution >= 4 is 62.5 Å². The van der Waals surface area contributed by atoms with Gasteiger partial charge in [-0.1, -0.05) is 64.5 Å². The van der Waals surface area contributed by atoms with Crippen molar-refractivity contribution in [2.75, 3.05) is 11.9 Å². The summed E-state index contributed by atoms with van der Waals surface area (Å²) in [7, 11) is 0. The fourth-order valence-corrected chi connectivity index (χ4v) is 7.57. The van der Waals surface area contributed by atoms with Gasteiger partial charge in [-0.05, 0) is 59.4 Å². The van der Waals surface area contributed by atoms with Gasteiger partial charge in [-0.2, -0.15) is 0 Å². The van der Waals surface area contributed by atoms with Crippen molar-refractivity contribution in [3.8, 4) is 0 Å². The van der Waals surface area contributed by atoms with E-state index < -0.39 is 45.9 Å². The van der Waals surface area contributed by atoms with E-state index in [0.29, 0.717) is 5.69 Å². The molecule has 8 heteroatoms. The molecule has 5 nitrogen and oxygen atoms in total. The van der Waals surface area contributed by atoms with Crippen molar-refractivity contribution in [1.29, 1.82) is 0 Å². The average molecular weight is 584 g/mol. The first-order valence-corrected chi connectivity index (χ1v) is 13.1. The van der Waals surface area contributed by atoms with Crippen molar-refractivity contribution in [1.82, 2.24) is 4.90 Å². The highest BCUT2D eigenvalue weighted by molar-refractivity contribution is 9.10. The number of aryl methyl sites for hydroxylation is 2. The van der Waals surface area contributed by atoms with Gasteiger partial charge in [0.2, 0.25) is 17.7 Å². The molecule has 4 aliphatic rings. The maximum absolute atomic E-state index is 13.8. The molecule has 1 heterocycles. The molecule has 1 saturated heterocycles. The van der Waals surface area contributed by atoms with Crippen LogP contribution in [0.25, 0.3) is 0 Å². The van der Waals surface area contributed by atoms with Crippen LogP contribution in [0.1, 0.15) is 33.4 Å². The van der Waals surface area contributed by atoms with E-state index in [9.17, 15) is 14.4 Å². The normalized spacial score (nSPS) is 27.5. The van der Waals surface area contributed by atoms with Gasteiger partial charge >= 0.3 is 0 Å². The van der Waals surface area contributed by atoms with Crippen molar-refractivity contribution in [2.45, 2.75) is 23.6 Å². The summed E-state index contributed by atoms with van der Waals surface area (Å²) in [4.78, 5) is 39.2. The molecule has 0 unspecified atom stereocenters. The first-order valence-electron chi connectivity index (χ1n) is 11.6. The van der Waals surface area contributed by atoms with Gasteiger partial charge in [-0.3, -0.25) is 19.3 Å². The first kappa shape index (κ1) is 23.7. The van der Waals surface area contributed by atoms with Gasteiger partial charge in [0.1, 0.15) is 16.3 Å². The van der Waals surface area contributed by atoms with Crippen molar-refractivity contribution in [3.05, 3.63) is 98.5 Å². The molecule has 3 aliphatic carbocycles. The third-order valence-corrected chi connectivity index (χ3v) is 10.2. The number of carbonyl (C=O) groups excluding carboxylic acids is 3. The minimum atomic E-state index is -1.26. The van der Waals surface area contributed by atoms with Gasteiger partial charge in [0.05, 0.1) is 11.8 Å². The van der Waals surface area contributed by atoms with Crippen LogP contribution in [-0.2, 0) is 24.1 Å². The Balaban J connectivity index is 1.39. The van der Waals surface area contributed by atoms with E-state index in [0.717, 1.165) is 42.8 Å². The molecule has 1 aliphatic heterocycles. The topological polar surface area (TPSA) is 66.5 Å². The zero-order valence-electron chi connectivity index (χ0n) is 19.4. The Morgan fingerprint density at radius 3 is 1.64 bits per heavy atom. The molecule has 0 aromatic heterocycles. The van der Waals surface area contributed by atoms with E-state index in [-0.39, 0.29) is 0 Å². The van der Waals surface area contributed by atoms with Crippen molar-refractivity contribution in [3.63, 3.8) is 0 Å². The standard InChI is InChI=1S/C28H21BrCl2N2O3/c1-14-11-16(12-15(2)24(14)29)32-21(34)13-33-25(35)22-23(26(33)36)28(31)18-8-4-3-7-17(18)27(22,30)19-9-5-6-10-20(19)28/h3-12,22-23H,13H2,1-2H3,(H,32,34)/t22-,23-,27?,28?/m1/s1. The fraction of sp³-hybridized carbons (Fsp3) is 0.250. The predicted octanol–water partition coefficient (Wildman–Crippen LogP) is 5.60. The van der Waals surface area contributed by atoms with Crippen molar-refractivity contribution < 1.29 is 14.4 Å². The third kappa shape index (κ3) is 2.92. The number of imide groups is 1. The van der Waals surface area contributed by atoms with E-state index in [1.54, 1.807) is 0 Å². The molecule has 2 atom stereocenters. The second-order valence-corrected chi connectivity index (χ2v) is 11.7. The van der Waals surface area contributed by atoms with Crippen LogP contribution in [0, 0.1) is 25.7 Å². The summed E-state index contributed by atoms with van der Waals surface area (Å²) in [6, 6.07) is 18.6. The Morgan fingerprint density at radius 1 is 0.861 bits per heavy atom. The smallest absolute Gasteiger partial charge is 0.244 e. The number of benzene rings is 3. The quantitative estimate of drug-likeness (QED) is 0.322. The number of rotatable bonds is 3. The average Bonchev–Trinajstić information content (AvgIpc) is 3.11. The van der Waals surface area contributed by atoms with Crippen molar-refractivity contribution in [2.24, 2.45) is 11.8 Å². The summed E-state index contributed by atoms with van der Waals surface area (Å²) in [5, 5.41) is 2.82. The van der Waals surface area contributed by atoms with Crippen LogP contribution < -0.4 is 5.32 Å². The predicted molar refractivity (Wildman–Crippen MR) is 142 cm³/mol.